The first kappa shape index (κ1) is 7.31. The van der Waals surface area contributed by atoms with E-state index < -0.39 is 0 Å². The van der Waals surface area contributed by atoms with Crippen molar-refractivity contribution >= 4 is 28.6 Å². The highest BCUT2D eigenvalue weighted by Crippen LogP contribution is 2.28. The molecular weight excluding hydrogens is 231 g/mol. The van der Waals surface area contributed by atoms with Crippen LogP contribution in [0.4, 0.5) is 0 Å². The third-order valence-corrected chi connectivity index (χ3v) is 2.84. The fraction of sp³-hybridized carbons (Fsp3) is 0.833. The van der Waals surface area contributed by atoms with Gasteiger partial charge in [0.1, 0.15) is 0 Å². The van der Waals surface area contributed by atoms with Crippen LogP contribution in [0.3, 0.4) is 0 Å². The molecule has 1 aliphatic heterocycles. The van der Waals surface area contributed by atoms with Crippen LogP contribution in [-0.4, -0.2) is 10.1 Å². The fourth-order valence-corrected chi connectivity index (χ4v) is 1.95. The van der Waals surface area contributed by atoms with Gasteiger partial charge in [-0.05, 0) is 29.0 Å². The highest BCUT2D eigenvalue weighted by atomic mass is 127. The van der Waals surface area contributed by atoms with E-state index in [1.165, 1.54) is 0 Å². The van der Waals surface area contributed by atoms with Gasteiger partial charge < -0.3 is 4.74 Å². The molecule has 0 aromatic rings. The van der Waals surface area contributed by atoms with E-state index >= 15 is 0 Å². The number of hydrogen-bond donors (Lipinski definition) is 0. The number of alkyl halides is 1. The van der Waals surface area contributed by atoms with Crippen LogP contribution in [0, 0.1) is 5.92 Å². The molecule has 2 atom stereocenters. The van der Waals surface area contributed by atoms with Gasteiger partial charge in [-0.3, -0.25) is 4.79 Å². The van der Waals surface area contributed by atoms with E-state index in [4.69, 9.17) is 4.74 Å². The predicted molar refractivity (Wildman–Crippen MR) is 42.3 cm³/mol. The number of carbonyl (C=O) groups excluding carboxylic acids is 1. The van der Waals surface area contributed by atoms with Crippen LogP contribution in [0.1, 0.15) is 19.8 Å². The summed E-state index contributed by atoms with van der Waals surface area (Å²) in [4.78, 5) is 10.6. The Bertz CT molecular complexity index is 124. The first-order valence-electron chi connectivity index (χ1n) is 3.07. The van der Waals surface area contributed by atoms with Crippen molar-refractivity contribution in [3.05, 3.63) is 0 Å². The summed E-state index contributed by atoms with van der Waals surface area (Å²) in [6.07, 6.45) is 1.66. The molecule has 1 heterocycles. The van der Waals surface area contributed by atoms with E-state index in [2.05, 4.69) is 29.5 Å². The van der Waals surface area contributed by atoms with Crippen molar-refractivity contribution in [3.8, 4) is 0 Å². The van der Waals surface area contributed by atoms with E-state index in [1.54, 1.807) is 0 Å². The smallest absolute Gasteiger partial charge is 0.307 e. The highest BCUT2D eigenvalue weighted by Gasteiger charge is 2.30. The van der Waals surface area contributed by atoms with E-state index in [0.717, 1.165) is 6.42 Å². The number of rotatable bonds is 1. The fourth-order valence-electron chi connectivity index (χ4n) is 0.906. The van der Waals surface area contributed by atoms with Crippen molar-refractivity contribution in [1.29, 1.82) is 0 Å². The highest BCUT2D eigenvalue weighted by molar-refractivity contribution is 14.1. The second kappa shape index (κ2) is 2.86. The second-order valence-electron chi connectivity index (χ2n) is 2.21. The molecular formula is C6H9IO2. The molecule has 0 bridgehead atoms. The molecule has 1 rings (SSSR count). The molecule has 0 aromatic heterocycles. The monoisotopic (exact) mass is 240 g/mol. The number of carbonyl (C=O) groups is 1. The Morgan fingerprint density at radius 3 is 2.78 bits per heavy atom. The van der Waals surface area contributed by atoms with Crippen LogP contribution >= 0.6 is 22.6 Å². The van der Waals surface area contributed by atoms with Gasteiger partial charge in [0.15, 0.2) is 4.11 Å². The van der Waals surface area contributed by atoms with E-state index in [1.807, 2.05) is 0 Å². The Morgan fingerprint density at radius 2 is 2.56 bits per heavy atom. The minimum atomic E-state index is -0.0405. The molecule has 1 aliphatic rings. The van der Waals surface area contributed by atoms with Gasteiger partial charge in [-0.25, -0.2) is 0 Å². The van der Waals surface area contributed by atoms with Crippen LogP contribution in [0.5, 0.6) is 0 Å². The van der Waals surface area contributed by atoms with Crippen LogP contribution in [-0.2, 0) is 9.53 Å². The molecule has 3 heteroatoms. The Labute approximate surface area is 68.1 Å². The molecule has 1 fully saturated rings. The topological polar surface area (TPSA) is 26.3 Å². The Morgan fingerprint density at radius 1 is 1.89 bits per heavy atom. The minimum Gasteiger partial charge on any atom is -0.451 e. The van der Waals surface area contributed by atoms with Crippen molar-refractivity contribution in [2.24, 2.45) is 5.92 Å². The lowest BCUT2D eigenvalue weighted by molar-refractivity contribution is -0.138. The lowest BCUT2D eigenvalue weighted by Crippen LogP contribution is -2.05. The summed E-state index contributed by atoms with van der Waals surface area (Å²) >= 11 is 2.17. The molecule has 0 N–H and O–H groups in total. The van der Waals surface area contributed by atoms with E-state index in [-0.39, 0.29) is 10.1 Å². The van der Waals surface area contributed by atoms with Crippen LogP contribution < -0.4 is 0 Å². The number of halogens is 1. The SMILES string of the molecule is CCC1CC(=O)OC1I. The maximum absolute atomic E-state index is 10.6. The molecule has 2 unspecified atom stereocenters. The molecule has 1 saturated heterocycles. The van der Waals surface area contributed by atoms with Gasteiger partial charge in [-0.2, -0.15) is 0 Å². The Hall–Kier alpha value is 0.200. The minimum absolute atomic E-state index is 0.0405. The molecule has 0 saturated carbocycles. The van der Waals surface area contributed by atoms with Crippen LogP contribution in [0.25, 0.3) is 0 Å². The van der Waals surface area contributed by atoms with Gasteiger partial charge in [-0.15, -0.1) is 0 Å². The normalized spacial score (nSPS) is 34.7. The molecule has 0 amide bonds. The Kier molecular flexibility index (Phi) is 2.32. The summed E-state index contributed by atoms with van der Waals surface area (Å²) in [7, 11) is 0. The van der Waals surface area contributed by atoms with Gasteiger partial charge in [0, 0.05) is 5.92 Å². The van der Waals surface area contributed by atoms with Gasteiger partial charge in [0.25, 0.3) is 0 Å². The van der Waals surface area contributed by atoms with Crippen molar-refractivity contribution in [2.45, 2.75) is 23.9 Å². The first-order chi connectivity index (χ1) is 4.24. The zero-order chi connectivity index (χ0) is 6.85. The van der Waals surface area contributed by atoms with Crippen molar-refractivity contribution in [3.63, 3.8) is 0 Å². The Balaban J connectivity index is 2.47. The summed E-state index contributed by atoms with van der Waals surface area (Å²) in [5, 5.41) is 0. The standard InChI is InChI=1S/C6H9IO2/c1-2-4-3-5(8)9-6(4)7/h4,6H,2-3H2,1H3. The third kappa shape index (κ3) is 1.56. The number of ether oxygens (including phenoxy) is 1. The molecule has 0 aromatic carbocycles. The molecule has 52 valence electrons. The molecule has 2 nitrogen and oxygen atoms in total. The quantitative estimate of drug-likeness (QED) is 0.396. The van der Waals surface area contributed by atoms with E-state index in [0.29, 0.717) is 12.3 Å². The molecule has 0 spiro atoms. The van der Waals surface area contributed by atoms with Gasteiger partial charge in [0.2, 0.25) is 0 Å². The first-order valence-corrected chi connectivity index (χ1v) is 4.32. The van der Waals surface area contributed by atoms with Gasteiger partial charge >= 0.3 is 5.97 Å². The van der Waals surface area contributed by atoms with Gasteiger partial charge in [-0.1, -0.05) is 6.92 Å². The zero-order valence-corrected chi connectivity index (χ0v) is 7.42. The predicted octanol–water partition coefficient (Wildman–Crippen LogP) is 1.72. The van der Waals surface area contributed by atoms with Crippen molar-refractivity contribution in [2.75, 3.05) is 0 Å². The summed E-state index contributed by atoms with van der Waals surface area (Å²) in [6.45, 7) is 2.08. The maximum Gasteiger partial charge on any atom is 0.307 e. The number of esters is 1. The van der Waals surface area contributed by atoms with Crippen molar-refractivity contribution < 1.29 is 9.53 Å². The average molecular weight is 240 g/mol. The molecule has 0 radical (unpaired) electrons. The lowest BCUT2D eigenvalue weighted by Gasteiger charge is -2.05. The molecule has 0 aliphatic carbocycles. The number of hydrogen-bond acceptors (Lipinski definition) is 2. The third-order valence-electron chi connectivity index (χ3n) is 1.57. The summed E-state index contributed by atoms with van der Waals surface area (Å²) in [5.74, 6) is 0.416. The van der Waals surface area contributed by atoms with Gasteiger partial charge in [0.05, 0.1) is 6.42 Å². The van der Waals surface area contributed by atoms with Crippen LogP contribution in [0.2, 0.25) is 0 Å². The summed E-state index contributed by atoms with van der Waals surface area (Å²) < 4.78 is 5.04. The molecule has 9 heavy (non-hydrogen) atoms. The average Bonchev–Trinajstić information content (AvgIpc) is 2.10. The zero-order valence-electron chi connectivity index (χ0n) is 5.26. The maximum atomic E-state index is 10.6. The van der Waals surface area contributed by atoms with E-state index in [9.17, 15) is 4.79 Å². The van der Waals surface area contributed by atoms with Crippen LogP contribution in [0.15, 0.2) is 0 Å². The lowest BCUT2D eigenvalue weighted by atomic mass is 10.1. The largest absolute Gasteiger partial charge is 0.451 e. The number of cyclic esters (lactones) is 1. The summed E-state index contributed by atoms with van der Waals surface area (Å²) in [5.41, 5.74) is 0. The summed E-state index contributed by atoms with van der Waals surface area (Å²) in [6, 6.07) is 0. The van der Waals surface area contributed by atoms with Crippen molar-refractivity contribution in [1.82, 2.24) is 0 Å². The second-order valence-corrected chi connectivity index (χ2v) is 3.44.